The number of carbonyl (C=O) groups excluding carboxylic acids is 1. The molecule has 0 spiro atoms. The number of anilines is 1. The van der Waals surface area contributed by atoms with E-state index in [0.717, 1.165) is 33.4 Å². The molecule has 3 heterocycles. The molecule has 5 nitrogen and oxygen atoms in total. The summed E-state index contributed by atoms with van der Waals surface area (Å²) < 4.78 is 29.4. The molecule has 0 radical (unpaired) electrons. The molecule has 1 amide bonds. The molecule has 0 saturated heterocycles. The lowest BCUT2D eigenvalue weighted by molar-refractivity contribution is 0.101. The summed E-state index contributed by atoms with van der Waals surface area (Å²) in [6, 6.07) is 8.81. The van der Waals surface area contributed by atoms with Gasteiger partial charge in [-0.2, -0.15) is 5.10 Å². The zero-order chi connectivity index (χ0) is 19.7. The molecule has 4 rings (SSSR count). The highest BCUT2D eigenvalue weighted by molar-refractivity contribution is 7.19. The molecule has 0 atom stereocenters. The van der Waals surface area contributed by atoms with Crippen molar-refractivity contribution in [2.24, 2.45) is 0 Å². The number of aromatic nitrogens is 3. The minimum absolute atomic E-state index is 0.488. The lowest BCUT2D eigenvalue weighted by Crippen LogP contribution is -2.14. The second-order valence-corrected chi connectivity index (χ2v) is 7.76. The highest BCUT2D eigenvalue weighted by atomic mass is 32.1. The molecular formula is C19H14F2N4OS2. The minimum atomic E-state index is -0.897. The van der Waals surface area contributed by atoms with Crippen molar-refractivity contribution in [3.63, 3.8) is 0 Å². The molecule has 3 aromatic heterocycles. The average Bonchev–Trinajstić information content (AvgIpc) is 3.41. The maximum absolute atomic E-state index is 13.8. The molecule has 9 heteroatoms. The smallest absolute Gasteiger partial charge is 0.262 e. The average molecular weight is 416 g/mol. The summed E-state index contributed by atoms with van der Waals surface area (Å²) in [5, 5.41) is 10.3. The first kappa shape index (κ1) is 18.5. The number of carbonyl (C=O) groups is 1. The van der Waals surface area contributed by atoms with Gasteiger partial charge in [-0.3, -0.25) is 9.48 Å². The molecule has 0 aliphatic rings. The number of nitrogens with one attached hydrogen (secondary N) is 1. The molecule has 0 fully saturated rings. The van der Waals surface area contributed by atoms with Crippen LogP contribution >= 0.6 is 22.7 Å². The van der Waals surface area contributed by atoms with E-state index < -0.39 is 23.1 Å². The van der Waals surface area contributed by atoms with Crippen LogP contribution in [0.2, 0.25) is 0 Å². The number of hydrogen-bond acceptors (Lipinski definition) is 5. The lowest BCUT2D eigenvalue weighted by atomic mass is 10.2. The van der Waals surface area contributed by atoms with Crippen molar-refractivity contribution in [1.29, 1.82) is 0 Å². The Balaban J connectivity index is 1.61. The van der Waals surface area contributed by atoms with Crippen LogP contribution in [0.1, 0.15) is 17.3 Å². The van der Waals surface area contributed by atoms with Crippen LogP contribution in [0.3, 0.4) is 0 Å². The molecular weight excluding hydrogens is 402 g/mol. The lowest BCUT2D eigenvalue weighted by Gasteiger charge is -2.05. The van der Waals surface area contributed by atoms with E-state index in [4.69, 9.17) is 0 Å². The Labute approximate surface area is 167 Å². The van der Waals surface area contributed by atoms with Gasteiger partial charge in [0.05, 0.1) is 15.6 Å². The highest BCUT2D eigenvalue weighted by Gasteiger charge is 2.19. The van der Waals surface area contributed by atoms with Crippen LogP contribution < -0.4 is 5.32 Å². The standard InChI is InChI=1S/C19H14F2N4OS2/c1-2-25-14(10-13(24-25)19-22-8-9-27-19)15-6-7-16(28-15)23-18(26)17-11(20)4-3-5-12(17)21/h3-10H,2H2,1H3,(H,23,26). The third kappa shape index (κ3) is 3.46. The van der Waals surface area contributed by atoms with E-state index in [1.165, 1.54) is 28.7 Å². The quantitative estimate of drug-likeness (QED) is 0.481. The Kier molecular flexibility index (Phi) is 5.01. The summed E-state index contributed by atoms with van der Waals surface area (Å²) in [5.41, 5.74) is 1.07. The van der Waals surface area contributed by atoms with Crippen molar-refractivity contribution in [2.45, 2.75) is 13.5 Å². The largest absolute Gasteiger partial charge is 0.313 e. The molecule has 0 aliphatic carbocycles. The number of hydrogen-bond donors (Lipinski definition) is 1. The van der Waals surface area contributed by atoms with Gasteiger partial charge in [-0.1, -0.05) is 6.07 Å². The number of benzene rings is 1. The first-order valence-electron chi connectivity index (χ1n) is 8.40. The first-order chi connectivity index (χ1) is 13.6. The van der Waals surface area contributed by atoms with E-state index in [2.05, 4.69) is 15.4 Å². The van der Waals surface area contributed by atoms with Crippen LogP contribution in [0, 0.1) is 11.6 Å². The van der Waals surface area contributed by atoms with Crippen molar-refractivity contribution >= 4 is 33.6 Å². The number of halogens is 2. The Hall–Kier alpha value is -2.91. The molecule has 0 unspecified atom stereocenters. The Morgan fingerprint density at radius 1 is 1.21 bits per heavy atom. The summed E-state index contributed by atoms with van der Waals surface area (Å²) in [6.45, 7) is 2.65. The van der Waals surface area contributed by atoms with Gasteiger partial charge in [-0.25, -0.2) is 13.8 Å². The van der Waals surface area contributed by atoms with Crippen LogP contribution in [-0.4, -0.2) is 20.7 Å². The Morgan fingerprint density at radius 2 is 2.00 bits per heavy atom. The number of thiophene rings is 1. The SMILES string of the molecule is CCn1nc(-c2nccs2)cc1-c1ccc(NC(=O)c2c(F)cccc2F)s1. The van der Waals surface area contributed by atoms with Gasteiger partial charge in [0.15, 0.2) is 0 Å². The van der Waals surface area contributed by atoms with Gasteiger partial charge >= 0.3 is 0 Å². The van der Waals surface area contributed by atoms with E-state index >= 15 is 0 Å². The van der Waals surface area contributed by atoms with Crippen LogP contribution in [0.25, 0.3) is 21.3 Å². The zero-order valence-corrected chi connectivity index (χ0v) is 16.3. The number of thiazole rings is 1. The molecule has 0 bridgehead atoms. The summed E-state index contributed by atoms with van der Waals surface area (Å²) >= 11 is 2.81. The van der Waals surface area contributed by atoms with Crippen molar-refractivity contribution in [3.05, 3.63) is 65.2 Å². The van der Waals surface area contributed by atoms with Crippen molar-refractivity contribution in [3.8, 4) is 21.3 Å². The van der Waals surface area contributed by atoms with Crippen LogP contribution in [0.4, 0.5) is 13.8 Å². The first-order valence-corrected chi connectivity index (χ1v) is 10.1. The van der Waals surface area contributed by atoms with E-state index in [9.17, 15) is 13.6 Å². The third-order valence-corrected chi connectivity index (χ3v) is 5.83. The van der Waals surface area contributed by atoms with Gasteiger partial charge < -0.3 is 5.32 Å². The fraction of sp³-hybridized carbons (Fsp3) is 0.105. The normalized spacial score (nSPS) is 11.0. The summed E-state index contributed by atoms with van der Waals surface area (Å²) in [5.74, 6) is -2.62. The Morgan fingerprint density at radius 3 is 2.68 bits per heavy atom. The van der Waals surface area contributed by atoms with E-state index in [1.54, 1.807) is 12.3 Å². The predicted molar refractivity (Wildman–Crippen MR) is 107 cm³/mol. The molecule has 142 valence electrons. The number of amides is 1. The molecule has 1 aromatic carbocycles. The summed E-state index contributed by atoms with van der Waals surface area (Å²) in [7, 11) is 0. The van der Waals surface area contributed by atoms with Gasteiger partial charge in [0.1, 0.15) is 27.9 Å². The maximum atomic E-state index is 13.8. The number of aryl methyl sites for hydroxylation is 1. The molecule has 1 N–H and O–H groups in total. The fourth-order valence-electron chi connectivity index (χ4n) is 2.74. The van der Waals surface area contributed by atoms with Crippen LogP contribution in [0.5, 0.6) is 0 Å². The maximum Gasteiger partial charge on any atom is 0.262 e. The highest BCUT2D eigenvalue weighted by Crippen LogP contribution is 2.34. The van der Waals surface area contributed by atoms with Crippen molar-refractivity contribution in [2.75, 3.05) is 5.32 Å². The molecule has 0 saturated carbocycles. The second kappa shape index (κ2) is 7.61. The number of nitrogens with zero attached hydrogens (tertiary/aromatic N) is 3. The monoisotopic (exact) mass is 416 g/mol. The van der Waals surface area contributed by atoms with Gasteiger partial charge in [-0.05, 0) is 37.3 Å². The fourth-order valence-corrected chi connectivity index (χ4v) is 4.26. The minimum Gasteiger partial charge on any atom is -0.313 e. The third-order valence-electron chi connectivity index (χ3n) is 4.02. The number of rotatable bonds is 5. The van der Waals surface area contributed by atoms with Gasteiger partial charge in [0.25, 0.3) is 5.91 Å². The van der Waals surface area contributed by atoms with Gasteiger partial charge in [0, 0.05) is 18.1 Å². The van der Waals surface area contributed by atoms with Gasteiger partial charge in [-0.15, -0.1) is 22.7 Å². The van der Waals surface area contributed by atoms with Crippen molar-refractivity contribution in [1.82, 2.24) is 14.8 Å². The topological polar surface area (TPSA) is 59.8 Å². The van der Waals surface area contributed by atoms with Crippen LogP contribution in [-0.2, 0) is 6.54 Å². The van der Waals surface area contributed by atoms with E-state index in [1.807, 2.05) is 29.1 Å². The van der Waals surface area contributed by atoms with Crippen molar-refractivity contribution < 1.29 is 13.6 Å². The van der Waals surface area contributed by atoms with E-state index in [0.29, 0.717) is 11.5 Å². The summed E-state index contributed by atoms with van der Waals surface area (Å²) in [6.07, 6.45) is 1.73. The summed E-state index contributed by atoms with van der Waals surface area (Å²) in [4.78, 5) is 17.4. The Bertz CT molecular complexity index is 1110. The predicted octanol–water partition coefficient (Wildman–Crippen LogP) is 5.29. The van der Waals surface area contributed by atoms with E-state index in [-0.39, 0.29) is 0 Å². The zero-order valence-electron chi connectivity index (χ0n) is 14.6. The molecule has 0 aliphatic heterocycles. The van der Waals surface area contributed by atoms with Crippen LogP contribution in [0.15, 0.2) is 48.0 Å². The second-order valence-electron chi connectivity index (χ2n) is 5.78. The molecule has 28 heavy (non-hydrogen) atoms. The van der Waals surface area contributed by atoms with Gasteiger partial charge in [0.2, 0.25) is 0 Å². The molecule has 4 aromatic rings.